The number of hydrogen-bond donors (Lipinski definition) is 2. The van der Waals surface area contributed by atoms with Gasteiger partial charge in [0, 0.05) is 19.4 Å². The molecule has 0 aromatic heterocycles. The Bertz CT molecular complexity index is 1130. The number of phosphoric acid groups is 1. The van der Waals surface area contributed by atoms with Crippen LogP contribution < -0.4 is 5.73 Å². The van der Waals surface area contributed by atoms with Crippen molar-refractivity contribution >= 4 is 19.8 Å². The number of hydrogen-bond acceptors (Lipinski definition) is 8. The average molecular weight is 792 g/mol. The van der Waals surface area contributed by atoms with E-state index < -0.39 is 32.5 Å². The number of nitrogens with two attached hydrogens (primary N) is 1. The molecular weight excluding hydrogens is 713 g/mol. The predicted octanol–water partition coefficient (Wildman–Crippen LogP) is 12.3. The lowest BCUT2D eigenvalue weighted by atomic mass is 10.1. The van der Waals surface area contributed by atoms with Gasteiger partial charge in [0.15, 0.2) is 6.10 Å². The molecule has 3 N–H and O–H groups in total. The largest absolute Gasteiger partial charge is 0.472 e. The second-order valence-corrected chi connectivity index (χ2v) is 15.3. The Morgan fingerprint density at radius 3 is 1.51 bits per heavy atom. The second kappa shape index (κ2) is 41.1. The smallest absolute Gasteiger partial charge is 0.462 e. The second-order valence-electron chi connectivity index (χ2n) is 13.8. The third kappa shape index (κ3) is 40.9. The zero-order valence-corrected chi connectivity index (χ0v) is 35.5. The first kappa shape index (κ1) is 52.5. The van der Waals surface area contributed by atoms with E-state index in [0.29, 0.717) is 12.8 Å². The number of unbranched alkanes of at least 4 members (excludes halogenated alkanes) is 14. The first-order valence-electron chi connectivity index (χ1n) is 21.4. The van der Waals surface area contributed by atoms with Crippen LogP contribution in [-0.4, -0.2) is 49.3 Å². The van der Waals surface area contributed by atoms with Crippen molar-refractivity contribution in [3.8, 4) is 0 Å². The molecule has 0 amide bonds. The molecule has 0 fully saturated rings. The Hall–Kier alpha value is -2.55. The Kier molecular flexibility index (Phi) is 39.2. The molecule has 0 saturated carbocycles. The van der Waals surface area contributed by atoms with Gasteiger partial charge in [-0.3, -0.25) is 18.6 Å². The summed E-state index contributed by atoms with van der Waals surface area (Å²) in [5, 5.41) is 0. The molecule has 0 radical (unpaired) electrons. The molecule has 0 rings (SSSR count). The zero-order chi connectivity index (χ0) is 40.3. The van der Waals surface area contributed by atoms with E-state index in [-0.39, 0.29) is 32.6 Å². The minimum atomic E-state index is -4.39. The van der Waals surface area contributed by atoms with Crippen LogP contribution in [0.3, 0.4) is 0 Å². The third-order valence-corrected chi connectivity index (χ3v) is 9.56. The average Bonchev–Trinajstić information content (AvgIpc) is 3.17. The van der Waals surface area contributed by atoms with Crippen molar-refractivity contribution in [3.05, 3.63) is 72.9 Å². The highest BCUT2D eigenvalue weighted by molar-refractivity contribution is 7.47. The highest BCUT2D eigenvalue weighted by atomic mass is 31.2. The van der Waals surface area contributed by atoms with Gasteiger partial charge in [-0.2, -0.15) is 0 Å². The van der Waals surface area contributed by atoms with Crippen molar-refractivity contribution in [2.75, 3.05) is 26.4 Å². The van der Waals surface area contributed by atoms with Crippen LogP contribution in [0.15, 0.2) is 72.9 Å². The Balaban J connectivity index is 4.26. The number of phosphoric ester groups is 1. The monoisotopic (exact) mass is 792 g/mol. The van der Waals surface area contributed by atoms with E-state index in [4.69, 9.17) is 24.3 Å². The molecule has 0 aromatic rings. The lowest BCUT2D eigenvalue weighted by Crippen LogP contribution is -2.29. The van der Waals surface area contributed by atoms with Gasteiger partial charge in [-0.05, 0) is 83.5 Å². The van der Waals surface area contributed by atoms with Crippen molar-refractivity contribution in [1.82, 2.24) is 0 Å². The van der Waals surface area contributed by atoms with E-state index in [1.54, 1.807) is 0 Å². The molecule has 0 aliphatic rings. The molecule has 10 heteroatoms. The van der Waals surface area contributed by atoms with Crippen molar-refractivity contribution in [2.45, 2.75) is 174 Å². The van der Waals surface area contributed by atoms with Crippen molar-refractivity contribution in [2.24, 2.45) is 5.73 Å². The fourth-order valence-electron chi connectivity index (χ4n) is 5.42. The summed E-state index contributed by atoms with van der Waals surface area (Å²) in [7, 11) is -4.39. The van der Waals surface area contributed by atoms with Crippen LogP contribution in [0.25, 0.3) is 0 Å². The molecule has 316 valence electrons. The lowest BCUT2D eigenvalue weighted by Gasteiger charge is -2.19. The molecule has 0 aliphatic heterocycles. The summed E-state index contributed by atoms with van der Waals surface area (Å²) in [4.78, 5) is 34.8. The number of carbonyl (C=O) groups excluding carboxylic acids is 2. The quantitative estimate of drug-likeness (QED) is 0.0270. The molecule has 55 heavy (non-hydrogen) atoms. The predicted molar refractivity (Wildman–Crippen MR) is 229 cm³/mol. The minimum absolute atomic E-state index is 0.0430. The highest BCUT2D eigenvalue weighted by Crippen LogP contribution is 2.43. The van der Waals surface area contributed by atoms with Gasteiger partial charge in [0.25, 0.3) is 0 Å². The van der Waals surface area contributed by atoms with E-state index in [1.165, 1.54) is 51.4 Å². The van der Waals surface area contributed by atoms with Crippen molar-refractivity contribution < 1.29 is 37.6 Å². The molecule has 1 unspecified atom stereocenters. The van der Waals surface area contributed by atoms with Crippen LogP contribution in [0, 0.1) is 0 Å². The summed E-state index contributed by atoms with van der Waals surface area (Å²) in [5.41, 5.74) is 5.34. The number of carbonyl (C=O) groups is 2. The maximum Gasteiger partial charge on any atom is 0.472 e. The fraction of sp³-hybridized carbons (Fsp3) is 0.689. The first-order chi connectivity index (χ1) is 26.8. The van der Waals surface area contributed by atoms with Crippen molar-refractivity contribution in [1.29, 1.82) is 0 Å². The molecule has 0 aliphatic carbocycles. The van der Waals surface area contributed by atoms with Crippen LogP contribution in [0.2, 0.25) is 0 Å². The molecule has 0 saturated heterocycles. The number of rotatable bonds is 39. The normalized spacial score (nSPS) is 14.0. The lowest BCUT2D eigenvalue weighted by molar-refractivity contribution is -0.161. The van der Waals surface area contributed by atoms with Crippen LogP contribution >= 0.6 is 7.82 Å². The standard InChI is InChI=1S/C45H78NO8P/c1-3-5-7-9-11-13-15-17-19-20-21-22-24-25-27-29-31-33-35-37-44(47)51-41-43(42-53-55(49,50)52-40-39-46)54-45(48)38-36-34-32-30-28-26-23-18-16-14-12-10-8-6-4-2/h5,7,11,13,17,19,21-22,25-28,43H,3-4,6,8-10,12,14-16,18,20,23-24,29-42,46H2,1-2H3,(H,49,50)/b7-5+,13-11+,19-17+,22-21+,27-25+,28-26+/t43-/m1/s1. The van der Waals surface area contributed by atoms with Gasteiger partial charge < -0.3 is 20.1 Å². The van der Waals surface area contributed by atoms with Crippen LogP contribution in [0.1, 0.15) is 168 Å². The molecule has 9 nitrogen and oxygen atoms in total. The zero-order valence-electron chi connectivity index (χ0n) is 34.6. The van der Waals surface area contributed by atoms with Gasteiger partial charge >= 0.3 is 19.8 Å². The Morgan fingerprint density at radius 1 is 0.564 bits per heavy atom. The number of ether oxygens (including phenoxy) is 2. The van der Waals surface area contributed by atoms with Gasteiger partial charge in [0.1, 0.15) is 6.61 Å². The highest BCUT2D eigenvalue weighted by Gasteiger charge is 2.25. The molecule has 0 heterocycles. The summed E-state index contributed by atoms with van der Waals surface area (Å²) in [6.45, 7) is 3.54. The van der Waals surface area contributed by atoms with E-state index in [9.17, 15) is 19.0 Å². The van der Waals surface area contributed by atoms with E-state index in [0.717, 1.165) is 77.0 Å². The molecule has 0 spiro atoms. The summed E-state index contributed by atoms with van der Waals surface area (Å²) >= 11 is 0. The third-order valence-electron chi connectivity index (χ3n) is 8.58. The van der Waals surface area contributed by atoms with Crippen molar-refractivity contribution in [3.63, 3.8) is 0 Å². The van der Waals surface area contributed by atoms with Gasteiger partial charge in [-0.1, -0.05) is 145 Å². The van der Waals surface area contributed by atoms with Gasteiger partial charge in [0.05, 0.1) is 13.2 Å². The molecule has 0 aromatic carbocycles. The topological polar surface area (TPSA) is 134 Å². The van der Waals surface area contributed by atoms with Gasteiger partial charge in [0.2, 0.25) is 0 Å². The molecular formula is C45H78NO8P. The van der Waals surface area contributed by atoms with Crippen LogP contribution in [0.4, 0.5) is 0 Å². The first-order valence-corrected chi connectivity index (χ1v) is 22.9. The SMILES string of the molecule is CC/C=C/C/C=C/C/C=C/C/C=C/C/C=C/CCCCCC(=O)OC[C@H](COP(=O)(O)OCCN)OC(=O)CCCCC/C=C/CCCCCCCCCC. The summed E-state index contributed by atoms with van der Waals surface area (Å²) in [5.74, 6) is -0.890. The minimum Gasteiger partial charge on any atom is -0.462 e. The summed E-state index contributed by atoms with van der Waals surface area (Å²) in [6, 6.07) is 0. The Labute approximate surface area is 335 Å². The molecule has 0 bridgehead atoms. The number of esters is 2. The van der Waals surface area contributed by atoms with Gasteiger partial charge in [-0.25, -0.2) is 4.57 Å². The van der Waals surface area contributed by atoms with E-state index >= 15 is 0 Å². The Morgan fingerprint density at radius 2 is 1.00 bits per heavy atom. The maximum absolute atomic E-state index is 12.6. The summed E-state index contributed by atoms with van der Waals surface area (Å²) < 4.78 is 32.7. The van der Waals surface area contributed by atoms with E-state index in [1.807, 2.05) is 0 Å². The summed E-state index contributed by atoms with van der Waals surface area (Å²) in [6.07, 6.45) is 49.3. The maximum atomic E-state index is 12.6. The van der Waals surface area contributed by atoms with Crippen LogP contribution in [-0.2, 0) is 32.7 Å². The van der Waals surface area contributed by atoms with Crippen LogP contribution in [0.5, 0.6) is 0 Å². The molecule has 2 atom stereocenters. The van der Waals surface area contributed by atoms with Gasteiger partial charge in [-0.15, -0.1) is 0 Å². The number of allylic oxidation sites excluding steroid dienone is 12. The fourth-order valence-corrected chi connectivity index (χ4v) is 6.18. The van der Waals surface area contributed by atoms with E-state index in [2.05, 4.69) is 86.8 Å².